The number of carbonyl (C=O) groups excluding carboxylic acids is 1. The van der Waals surface area contributed by atoms with E-state index in [1.807, 2.05) is 19.1 Å². The van der Waals surface area contributed by atoms with Gasteiger partial charge < -0.3 is 13.9 Å². The van der Waals surface area contributed by atoms with Crippen LogP contribution in [0.1, 0.15) is 28.3 Å². The van der Waals surface area contributed by atoms with Crippen molar-refractivity contribution in [2.24, 2.45) is 0 Å². The molecule has 5 nitrogen and oxygen atoms in total. The van der Waals surface area contributed by atoms with Crippen molar-refractivity contribution in [3.8, 4) is 5.88 Å². The number of pyridine rings is 1. The van der Waals surface area contributed by atoms with Gasteiger partial charge >= 0.3 is 5.97 Å². The Balaban J connectivity index is 1.74. The van der Waals surface area contributed by atoms with E-state index in [9.17, 15) is 4.79 Å². The fourth-order valence-corrected chi connectivity index (χ4v) is 1.69. The standard InChI is InChI=1S/C15H17NO4/c1-11-5-8-14(16-10-11)19-9-3-4-12-6-7-13(20-12)15(17)18-2/h5-8,10H,3-4,9H2,1-2H3. The van der Waals surface area contributed by atoms with E-state index < -0.39 is 5.97 Å². The molecule has 0 saturated carbocycles. The second-order valence-corrected chi connectivity index (χ2v) is 4.38. The van der Waals surface area contributed by atoms with Crippen LogP contribution in [0.25, 0.3) is 0 Å². The monoisotopic (exact) mass is 275 g/mol. The Morgan fingerprint density at radius 2 is 2.15 bits per heavy atom. The Labute approximate surface area is 117 Å². The molecule has 0 radical (unpaired) electrons. The van der Waals surface area contributed by atoms with Crippen molar-refractivity contribution in [3.05, 3.63) is 47.5 Å². The van der Waals surface area contributed by atoms with Gasteiger partial charge in [0, 0.05) is 18.7 Å². The molecule has 0 atom stereocenters. The minimum Gasteiger partial charge on any atom is -0.478 e. The van der Waals surface area contributed by atoms with Crippen LogP contribution in [-0.2, 0) is 11.2 Å². The first kappa shape index (κ1) is 14.1. The molecule has 0 amide bonds. The Kier molecular flexibility index (Phi) is 4.76. The molecular weight excluding hydrogens is 258 g/mol. The fourth-order valence-electron chi connectivity index (χ4n) is 1.69. The zero-order chi connectivity index (χ0) is 14.4. The van der Waals surface area contributed by atoms with Gasteiger partial charge in [-0.3, -0.25) is 0 Å². The van der Waals surface area contributed by atoms with Gasteiger partial charge in [-0.2, -0.15) is 0 Å². The summed E-state index contributed by atoms with van der Waals surface area (Å²) in [7, 11) is 1.33. The number of rotatable bonds is 6. The molecule has 2 aromatic heterocycles. The Morgan fingerprint density at radius 3 is 2.85 bits per heavy atom. The van der Waals surface area contributed by atoms with Crippen molar-refractivity contribution in [2.75, 3.05) is 13.7 Å². The lowest BCUT2D eigenvalue weighted by Gasteiger charge is -2.04. The van der Waals surface area contributed by atoms with Crippen LogP contribution in [0.5, 0.6) is 5.88 Å². The van der Waals surface area contributed by atoms with E-state index in [-0.39, 0.29) is 5.76 Å². The Morgan fingerprint density at radius 1 is 1.30 bits per heavy atom. The molecule has 0 aliphatic heterocycles. The van der Waals surface area contributed by atoms with Crippen molar-refractivity contribution >= 4 is 5.97 Å². The lowest BCUT2D eigenvalue weighted by Crippen LogP contribution is -2.01. The quantitative estimate of drug-likeness (QED) is 0.599. The lowest BCUT2D eigenvalue weighted by molar-refractivity contribution is 0.0563. The summed E-state index contributed by atoms with van der Waals surface area (Å²) in [5.41, 5.74) is 1.10. The number of hydrogen-bond acceptors (Lipinski definition) is 5. The average Bonchev–Trinajstić information content (AvgIpc) is 2.93. The lowest BCUT2D eigenvalue weighted by atomic mass is 10.2. The number of esters is 1. The van der Waals surface area contributed by atoms with E-state index >= 15 is 0 Å². The van der Waals surface area contributed by atoms with E-state index in [1.165, 1.54) is 7.11 Å². The first-order valence-electron chi connectivity index (χ1n) is 6.41. The van der Waals surface area contributed by atoms with Gasteiger partial charge in [0.25, 0.3) is 0 Å². The van der Waals surface area contributed by atoms with Gasteiger partial charge in [0.15, 0.2) is 0 Å². The summed E-state index contributed by atoms with van der Waals surface area (Å²) in [4.78, 5) is 15.4. The topological polar surface area (TPSA) is 61.6 Å². The summed E-state index contributed by atoms with van der Waals surface area (Å²) in [6, 6.07) is 7.19. The van der Waals surface area contributed by atoms with Gasteiger partial charge in [-0.1, -0.05) is 6.07 Å². The zero-order valence-electron chi connectivity index (χ0n) is 11.6. The largest absolute Gasteiger partial charge is 0.478 e. The molecule has 5 heteroatoms. The average molecular weight is 275 g/mol. The SMILES string of the molecule is COC(=O)c1ccc(CCCOc2ccc(C)cn2)o1. The molecule has 0 spiro atoms. The van der Waals surface area contributed by atoms with Gasteiger partial charge in [0.2, 0.25) is 11.6 Å². The molecule has 20 heavy (non-hydrogen) atoms. The third-order valence-corrected chi connectivity index (χ3v) is 2.75. The molecule has 2 aromatic rings. The second kappa shape index (κ2) is 6.75. The first-order valence-corrected chi connectivity index (χ1v) is 6.41. The number of nitrogens with zero attached hydrogens (tertiary/aromatic N) is 1. The molecule has 0 bridgehead atoms. The maximum Gasteiger partial charge on any atom is 0.373 e. The Bertz CT molecular complexity index is 560. The van der Waals surface area contributed by atoms with Gasteiger partial charge in [0.05, 0.1) is 13.7 Å². The summed E-state index contributed by atoms with van der Waals surface area (Å²) >= 11 is 0. The van der Waals surface area contributed by atoms with E-state index in [0.29, 0.717) is 18.9 Å². The molecule has 0 aromatic carbocycles. The molecule has 0 saturated heterocycles. The second-order valence-electron chi connectivity index (χ2n) is 4.38. The number of aryl methyl sites for hydroxylation is 2. The number of ether oxygens (including phenoxy) is 2. The van der Waals surface area contributed by atoms with Gasteiger partial charge in [-0.15, -0.1) is 0 Å². The van der Waals surface area contributed by atoms with Crippen LogP contribution >= 0.6 is 0 Å². The normalized spacial score (nSPS) is 10.3. The molecule has 106 valence electrons. The van der Waals surface area contributed by atoms with Gasteiger partial charge in [0.1, 0.15) is 5.76 Å². The summed E-state index contributed by atoms with van der Waals surface area (Å²) in [5, 5.41) is 0. The van der Waals surface area contributed by atoms with Crippen LogP contribution in [0.15, 0.2) is 34.9 Å². The number of methoxy groups -OCH3 is 1. The van der Waals surface area contributed by atoms with Crippen LogP contribution < -0.4 is 4.74 Å². The van der Waals surface area contributed by atoms with Crippen LogP contribution in [0, 0.1) is 6.92 Å². The highest BCUT2D eigenvalue weighted by atomic mass is 16.5. The molecular formula is C15H17NO4. The van der Waals surface area contributed by atoms with Crippen LogP contribution in [-0.4, -0.2) is 24.7 Å². The number of aromatic nitrogens is 1. The first-order chi connectivity index (χ1) is 9.69. The zero-order valence-corrected chi connectivity index (χ0v) is 11.6. The fraction of sp³-hybridized carbons (Fsp3) is 0.333. The van der Waals surface area contributed by atoms with E-state index in [4.69, 9.17) is 9.15 Å². The van der Waals surface area contributed by atoms with E-state index in [2.05, 4.69) is 9.72 Å². The van der Waals surface area contributed by atoms with Crippen molar-refractivity contribution in [2.45, 2.75) is 19.8 Å². The predicted molar refractivity (Wildman–Crippen MR) is 72.8 cm³/mol. The highest BCUT2D eigenvalue weighted by Crippen LogP contribution is 2.12. The highest BCUT2D eigenvalue weighted by molar-refractivity contribution is 5.86. The summed E-state index contributed by atoms with van der Waals surface area (Å²) in [5.74, 6) is 1.12. The molecule has 0 fully saturated rings. The molecule has 2 heterocycles. The third-order valence-electron chi connectivity index (χ3n) is 2.75. The van der Waals surface area contributed by atoms with Crippen LogP contribution in [0.4, 0.5) is 0 Å². The maximum atomic E-state index is 11.2. The van der Waals surface area contributed by atoms with E-state index in [1.54, 1.807) is 18.3 Å². The number of carbonyl (C=O) groups is 1. The smallest absolute Gasteiger partial charge is 0.373 e. The van der Waals surface area contributed by atoms with Gasteiger partial charge in [-0.05, 0) is 31.0 Å². The van der Waals surface area contributed by atoms with Gasteiger partial charge in [-0.25, -0.2) is 9.78 Å². The van der Waals surface area contributed by atoms with E-state index in [0.717, 1.165) is 17.7 Å². The summed E-state index contributed by atoms with van der Waals surface area (Å²) < 4.78 is 15.4. The maximum absolute atomic E-state index is 11.2. The molecule has 0 aliphatic rings. The van der Waals surface area contributed by atoms with Crippen molar-refractivity contribution < 1.29 is 18.7 Å². The Hall–Kier alpha value is -2.30. The number of furan rings is 1. The minimum atomic E-state index is -0.462. The number of hydrogen-bond donors (Lipinski definition) is 0. The van der Waals surface area contributed by atoms with Crippen LogP contribution in [0.2, 0.25) is 0 Å². The van der Waals surface area contributed by atoms with Crippen molar-refractivity contribution in [1.82, 2.24) is 4.98 Å². The van der Waals surface area contributed by atoms with Crippen molar-refractivity contribution in [3.63, 3.8) is 0 Å². The predicted octanol–water partition coefficient (Wildman–Crippen LogP) is 2.78. The molecule has 0 unspecified atom stereocenters. The highest BCUT2D eigenvalue weighted by Gasteiger charge is 2.10. The third kappa shape index (κ3) is 3.85. The van der Waals surface area contributed by atoms with Crippen molar-refractivity contribution in [1.29, 1.82) is 0 Å². The summed E-state index contributed by atoms with van der Waals surface area (Å²) in [6.45, 7) is 2.52. The molecule has 2 rings (SSSR count). The minimum absolute atomic E-state index is 0.226. The summed E-state index contributed by atoms with van der Waals surface area (Å²) in [6.07, 6.45) is 3.25. The van der Waals surface area contributed by atoms with Crippen LogP contribution in [0.3, 0.4) is 0 Å². The molecule has 0 aliphatic carbocycles. The molecule has 0 N–H and O–H groups in total.